The lowest BCUT2D eigenvalue weighted by Crippen LogP contribution is -2.24. The Kier molecular flexibility index (Phi) is 9.29. The summed E-state index contributed by atoms with van der Waals surface area (Å²) in [5, 5.41) is 4.57. The number of amides is 1. The van der Waals surface area contributed by atoms with Crippen molar-refractivity contribution in [3.05, 3.63) is 85.9 Å². The molecular weight excluding hydrogens is 571 g/mol. The summed E-state index contributed by atoms with van der Waals surface area (Å²) in [6.07, 6.45) is 1.46. The Bertz CT molecular complexity index is 1220. The zero-order valence-electron chi connectivity index (χ0n) is 18.5. The summed E-state index contributed by atoms with van der Waals surface area (Å²) in [5.74, 6) is 0.322. The number of nitrogens with zero attached hydrogens (tertiary/aromatic N) is 1. The summed E-state index contributed by atoms with van der Waals surface area (Å²) in [7, 11) is 0. The van der Waals surface area contributed by atoms with Crippen LogP contribution in [0.3, 0.4) is 0 Å². The van der Waals surface area contributed by atoms with Crippen LogP contribution in [0, 0.1) is 10.5 Å². The molecule has 0 aliphatic heterocycles. The fraction of sp³-hybridized carbons (Fsp3) is 0.160. The van der Waals surface area contributed by atoms with E-state index in [0.29, 0.717) is 40.0 Å². The third-order valence-electron chi connectivity index (χ3n) is 4.47. The van der Waals surface area contributed by atoms with Crippen LogP contribution < -0.4 is 19.6 Å². The summed E-state index contributed by atoms with van der Waals surface area (Å²) >= 11 is 8.06. The van der Waals surface area contributed by atoms with E-state index in [4.69, 9.17) is 25.8 Å². The number of benzene rings is 3. The Morgan fingerprint density at radius 1 is 1.06 bits per heavy atom. The minimum absolute atomic E-state index is 0.199. The summed E-state index contributed by atoms with van der Waals surface area (Å²) in [6, 6.07) is 17.3. The van der Waals surface area contributed by atoms with Gasteiger partial charge >= 0.3 is 5.97 Å². The molecule has 0 radical (unpaired) electrons. The zero-order valence-corrected chi connectivity index (χ0v) is 21.4. The Morgan fingerprint density at radius 3 is 2.59 bits per heavy atom. The Balaban J connectivity index is 1.60. The molecule has 34 heavy (non-hydrogen) atoms. The highest BCUT2D eigenvalue weighted by molar-refractivity contribution is 14.1. The molecule has 7 nitrogen and oxygen atoms in total. The number of esters is 1. The molecule has 0 aliphatic rings. The van der Waals surface area contributed by atoms with E-state index in [1.807, 2.05) is 26.0 Å². The summed E-state index contributed by atoms with van der Waals surface area (Å²) in [4.78, 5) is 24.6. The maximum absolute atomic E-state index is 12.5. The smallest absolute Gasteiger partial charge is 0.344 e. The van der Waals surface area contributed by atoms with Crippen LogP contribution in [0.4, 0.5) is 0 Å². The molecular formula is C25H22ClIN2O5. The van der Waals surface area contributed by atoms with E-state index in [1.54, 1.807) is 48.5 Å². The highest BCUT2D eigenvalue weighted by atomic mass is 127. The van der Waals surface area contributed by atoms with E-state index >= 15 is 0 Å². The van der Waals surface area contributed by atoms with Gasteiger partial charge in [-0.05, 0) is 96.1 Å². The fourth-order valence-electron chi connectivity index (χ4n) is 2.81. The molecule has 3 aromatic carbocycles. The van der Waals surface area contributed by atoms with Crippen molar-refractivity contribution in [1.29, 1.82) is 0 Å². The number of hydrogen-bond donors (Lipinski definition) is 1. The SMILES string of the molecule is CCOc1cc(/C=N/NC(=O)COc2ccc(Cl)c(C)c2)ccc1OC(=O)c1ccccc1I. The highest BCUT2D eigenvalue weighted by Crippen LogP contribution is 2.29. The number of ether oxygens (including phenoxy) is 3. The molecule has 176 valence electrons. The molecule has 0 heterocycles. The average molecular weight is 593 g/mol. The van der Waals surface area contributed by atoms with E-state index in [-0.39, 0.29) is 6.61 Å². The van der Waals surface area contributed by atoms with Crippen LogP contribution >= 0.6 is 34.2 Å². The van der Waals surface area contributed by atoms with Crippen LogP contribution in [0.25, 0.3) is 0 Å². The van der Waals surface area contributed by atoms with Crippen LogP contribution in [0.1, 0.15) is 28.4 Å². The number of hydrazone groups is 1. The molecule has 1 amide bonds. The second-order valence-electron chi connectivity index (χ2n) is 7.00. The number of halogens is 2. The zero-order chi connectivity index (χ0) is 24.5. The van der Waals surface area contributed by atoms with E-state index in [2.05, 4.69) is 33.1 Å². The lowest BCUT2D eigenvalue weighted by Gasteiger charge is -2.12. The van der Waals surface area contributed by atoms with E-state index in [1.165, 1.54) is 6.21 Å². The van der Waals surface area contributed by atoms with Crippen molar-refractivity contribution >= 4 is 52.3 Å². The predicted octanol–water partition coefficient (Wildman–Crippen LogP) is 5.40. The number of rotatable bonds is 9. The molecule has 0 atom stereocenters. The van der Waals surface area contributed by atoms with Gasteiger partial charge in [-0.2, -0.15) is 5.10 Å². The second-order valence-corrected chi connectivity index (χ2v) is 8.57. The minimum Gasteiger partial charge on any atom is -0.490 e. The maximum atomic E-state index is 12.5. The summed E-state index contributed by atoms with van der Waals surface area (Å²) < 4.78 is 17.4. The Hall–Kier alpha value is -3.11. The van der Waals surface area contributed by atoms with Crippen LogP contribution in [0.2, 0.25) is 5.02 Å². The second kappa shape index (κ2) is 12.4. The van der Waals surface area contributed by atoms with Crippen molar-refractivity contribution in [1.82, 2.24) is 5.43 Å². The fourth-order valence-corrected chi connectivity index (χ4v) is 3.53. The van der Waals surface area contributed by atoms with E-state index < -0.39 is 11.9 Å². The first-order valence-corrected chi connectivity index (χ1v) is 11.8. The topological polar surface area (TPSA) is 86.2 Å². The molecule has 1 N–H and O–H groups in total. The third-order valence-corrected chi connectivity index (χ3v) is 5.83. The van der Waals surface area contributed by atoms with Gasteiger partial charge in [-0.15, -0.1) is 0 Å². The Morgan fingerprint density at radius 2 is 1.85 bits per heavy atom. The van der Waals surface area contributed by atoms with Crippen molar-refractivity contribution in [2.45, 2.75) is 13.8 Å². The first kappa shape index (κ1) is 25.5. The molecule has 0 aromatic heterocycles. The number of hydrogen-bond acceptors (Lipinski definition) is 6. The molecule has 0 saturated carbocycles. The quantitative estimate of drug-likeness (QED) is 0.118. The van der Waals surface area contributed by atoms with Crippen LogP contribution in [-0.2, 0) is 4.79 Å². The van der Waals surface area contributed by atoms with Crippen molar-refractivity contribution < 1.29 is 23.8 Å². The van der Waals surface area contributed by atoms with Crippen LogP contribution in [0.15, 0.2) is 65.8 Å². The molecule has 0 fully saturated rings. The van der Waals surface area contributed by atoms with Gasteiger partial charge < -0.3 is 14.2 Å². The molecule has 3 rings (SSSR count). The van der Waals surface area contributed by atoms with Gasteiger partial charge in [0.05, 0.1) is 18.4 Å². The lowest BCUT2D eigenvalue weighted by molar-refractivity contribution is -0.123. The van der Waals surface area contributed by atoms with Gasteiger partial charge in [-0.1, -0.05) is 23.7 Å². The standard InChI is InChI=1S/C25H22ClIN2O5/c1-3-32-23-13-17(8-11-22(23)34-25(31)19-6-4-5-7-21(19)27)14-28-29-24(30)15-33-18-9-10-20(26)16(2)12-18/h4-14H,3,15H2,1-2H3,(H,29,30)/b28-14+. The molecule has 9 heteroatoms. The van der Waals surface area contributed by atoms with Gasteiger partial charge in [0, 0.05) is 8.59 Å². The molecule has 0 aliphatic carbocycles. The molecule has 0 spiro atoms. The van der Waals surface area contributed by atoms with Gasteiger partial charge in [0.2, 0.25) is 0 Å². The van der Waals surface area contributed by atoms with Crippen LogP contribution in [0.5, 0.6) is 17.2 Å². The molecule has 3 aromatic rings. The first-order chi connectivity index (χ1) is 16.4. The van der Waals surface area contributed by atoms with E-state index in [9.17, 15) is 9.59 Å². The maximum Gasteiger partial charge on any atom is 0.344 e. The molecule has 0 saturated heterocycles. The van der Waals surface area contributed by atoms with Crippen LogP contribution in [-0.4, -0.2) is 31.3 Å². The minimum atomic E-state index is -0.476. The van der Waals surface area contributed by atoms with Gasteiger partial charge in [-0.3, -0.25) is 4.79 Å². The van der Waals surface area contributed by atoms with Crippen molar-refractivity contribution in [2.24, 2.45) is 5.10 Å². The van der Waals surface area contributed by atoms with Crippen molar-refractivity contribution in [3.8, 4) is 17.2 Å². The van der Waals surface area contributed by atoms with Crippen molar-refractivity contribution in [3.63, 3.8) is 0 Å². The average Bonchev–Trinajstić information content (AvgIpc) is 2.82. The van der Waals surface area contributed by atoms with Crippen molar-refractivity contribution in [2.75, 3.05) is 13.2 Å². The normalized spacial score (nSPS) is 10.7. The van der Waals surface area contributed by atoms with Gasteiger partial charge in [0.15, 0.2) is 18.1 Å². The number of carbonyl (C=O) groups excluding carboxylic acids is 2. The first-order valence-electron chi connectivity index (χ1n) is 10.3. The van der Waals surface area contributed by atoms with Gasteiger partial charge in [-0.25, -0.2) is 10.2 Å². The number of aryl methyl sites for hydroxylation is 1. The highest BCUT2D eigenvalue weighted by Gasteiger charge is 2.15. The molecule has 0 unspecified atom stereocenters. The monoisotopic (exact) mass is 592 g/mol. The van der Waals surface area contributed by atoms with E-state index in [0.717, 1.165) is 9.13 Å². The number of carbonyl (C=O) groups is 2. The third kappa shape index (κ3) is 7.19. The molecule has 0 bridgehead atoms. The van der Waals surface area contributed by atoms with Gasteiger partial charge in [0.1, 0.15) is 5.75 Å². The van der Waals surface area contributed by atoms with Gasteiger partial charge in [0.25, 0.3) is 5.91 Å². The predicted molar refractivity (Wildman–Crippen MR) is 139 cm³/mol. The number of nitrogens with one attached hydrogen (secondary N) is 1. The summed E-state index contributed by atoms with van der Waals surface area (Å²) in [5.41, 5.74) is 4.38. The Labute approximate surface area is 216 Å². The summed E-state index contributed by atoms with van der Waals surface area (Å²) in [6.45, 7) is 3.86. The largest absolute Gasteiger partial charge is 0.490 e. The lowest BCUT2D eigenvalue weighted by atomic mass is 10.2.